The predicted molar refractivity (Wildman–Crippen MR) is 89.5 cm³/mol. The SMILES string of the molecule is O=CNc1ccc2ccc(C(=O)NC3CC4CCC3N4)cc2c1. The molecule has 3 unspecified atom stereocenters. The fraction of sp³-hybridized carbons (Fsp3) is 0.333. The minimum atomic E-state index is -0.0278. The topological polar surface area (TPSA) is 70.2 Å². The van der Waals surface area contributed by atoms with Crippen molar-refractivity contribution in [1.29, 1.82) is 0 Å². The number of amides is 2. The fourth-order valence-electron chi connectivity index (χ4n) is 3.78. The van der Waals surface area contributed by atoms with Crippen LogP contribution in [0.3, 0.4) is 0 Å². The van der Waals surface area contributed by atoms with Gasteiger partial charge in [-0.3, -0.25) is 9.59 Å². The zero-order chi connectivity index (χ0) is 15.8. The van der Waals surface area contributed by atoms with E-state index in [0.717, 1.165) is 29.3 Å². The second-order valence-corrected chi connectivity index (χ2v) is 6.40. The van der Waals surface area contributed by atoms with Crippen LogP contribution in [0.4, 0.5) is 5.69 Å². The van der Waals surface area contributed by atoms with Crippen LogP contribution in [0.5, 0.6) is 0 Å². The van der Waals surface area contributed by atoms with Crippen LogP contribution in [0, 0.1) is 0 Å². The maximum Gasteiger partial charge on any atom is 0.251 e. The lowest BCUT2D eigenvalue weighted by atomic mass is 9.95. The van der Waals surface area contributed by atoms with Gasteiger partial charge in [-0.05, 0) is 54.3 Å². The van der Waals surface area contributed by atoms with Crippen molar-refractivity contribution in [1.82, 2.24) is 10.6 Å². The van der Waals surface area contributed by atoms with Crippen molar-refractivity contribution in [2.24, 2.45) is 0 Å². The molecule has 3 atom stereocenters. The molecule has 0 aliphatic carbocycles. The zero-order valence-electron chi connectivity index (χ0n) is 12.7. The van der Waals surface area contributed by atoms with E-state index in [4.69, 9.17) is 0 Å². The third-order valence-electron chi connectivity index (χ3n) is 4.94. The molecule has 2 aliphatic heterocycles. The van der Waals surface area contributed by atoms with Crippen molar-refractivity contribution in [3.8, 4) is 0 Å². The number of rotatable bonds is 4. The lowest BCUT2D eigenvalue weighted by Crippen LogP contribution is -2.42. The lowest BCUT2D eigenvalue weighted by molar-refractivity contribution is -0.105. The predicted octanol–water partition coefficient (Wildman–Crippen LogP) is 2.03. The average molecular weight is 309 g/mol. The molecule has 2 aliphatic rings. The quantitative estimate of drug-likeness (QED) is 0.757. The number of nitrogens with one attached hydrogen (secondary N) is 3. The van der Waals surface area contributed by atoms with Crippen molar-refractivity contribution in [2.75, 3.05) is 5.32 Å². The lowest BCUT2D eigenvalue weighted by Gasteiger charge is -2.21. The highest BCUT2D eigenvalue weighted by Crippen LogP contribution is 2.28. The van der Waals surface area contributed by atoms with Gasteiger partial charge in [0.2, 0.25) is 6.41 Å². The molecule has 5 nitrogen and oxygen atoms in total. The summed E-state index contributed by atoms with van der Waals surface area (Å²) in [7, 11) is 0. The summed E-state index contributed by atoms with van der Waals surface area (Å²) in [5, 5.41) is 11.3. The van der Waals surface area contributed by atoms with Crippen LogP contribution in [0.15, 0.2) is 36.4 Å². The summed E-state index contributed by atoms with van der Waals surface area (Å²) < 4.78 is 0. The largest absolute Gasteiger partial charge is 0.348 e. The Balaban J connectivity index is 1.55. The highest BCUT2D eigenvalue weighted by molar-refractivity contribution is 5.99. The van der Waals surface area contributed by atoms with Crippen LogP contribution in [0.25, 0.3) is 10.8 Å². The first-order valence-electron chi connectivity index (χ1n) is 8.04. The van der Waals surface area contributed by atoms with Gasteiger partial charge in [-0.2, -0.15) is 0 Å². The number of hydrogen-bond donors (Lipinski definition) is 3. The summed E-state index contributed by atoms with van der Waals surface area (Å²) in [4.78, 5) is 23.1. The van der Waals surface area contributed by atoms with Crippen LogP contribution in [0.1, 0.15) is 29.6 Å². The van der Waals surface area contributed by atoms with E-state index in [9.17, 15) is 9.59 Å². The van der Waals surface area contributed by atoms with E-state index in [2.05, 4.69) is 16.0 Å². The number of anilines is 1. The summed E-state index contributed by atoms with van der Waals surface area (Å²) in [6.07, 6.45) is 4.05. The Morgan fingerprint density at radius 1 is 1.13 bits per heavy atom. The van der Waals surface area contributed by atoms with Crippen molar-refractivity contribution >= 4 is 28.8 Å². The minimum Gasteiger partial charge on any atom is -0.348 e. The number of benzene rings is 2. The van der Waals surface area contributed by atoms with E-state index in [1.54, 1.807) is 0 Å². The molecule has 2 aromatic carbocycles. The van der Waals surface area contributed by atoms with E-state index in [0.29, 0.717) is 24.1 Å². The van der Waals surface area contributed by atoms with E-state index >= 15 is 0 Å². The molecular weight excluding hydrogens is 290 g/mol. The van der Waals surface area contributed by atoms with Crippen LogP contribution in [0.2, 0.25) is 0 Å². The number of carbonyl (C=O) groups is 2. The van der Waals surface area contributed by atoms with E-state index in [1.165, 1.54) is 6.42 Å². The Morgan fingerprint density at radius 2 is 2.00 bits per heavy atom. The van der Waals surface area contributed by atoms with E-state index in [-0.39, 0.29) is 11.9 Å². The molecule has 4 rings (SSSR count). The van der Waals surface area contributed by atoms with Crippen LogP contribution < -0.4 is 16.0 Å². The number of fused-ring (bicyclic) bond motifs is 3. The molecule has 2 heterocycles. The molecular formula is C18H19N3O2. The van der Waals surface area contributed by atoms with Crippen molar-refractivity contribution < 1.29 is 9.59 Å². The van der Waals surface area contributed by atoms with Gasteiger partial charge in [0.25, 0.3) is 5.91 Å². The molecule has 0 aromatic heterocycles. The second kappa shape index (κ2) is 5.66. The van der Waals surface area contributed by atoms with Crippen molar-refractivity contribution in [3.63, 3.8) is 0 Å². The summed E-state index contributed by atoms with van der Waals surface area (Å²) in [6.45, 7) is 0. The standard InChI is InChI=1S/C18H19N3O2/c22-10-19-14-4-3-11-1-2-12(7-13(11)8-14)18(23)21-17-9-15-5-6-16(17)20-15/h1-4,7-8,10,15-17,20H,5-6,9H2,(H,19,22)(H,21,23). The van der Waals surface area contributed by atoms with Gasteiger partial charge in [0.05, 0.1) is 0 Å². The highest BCUT2D eigenvalue weighted by Gasteiger charge is 2.39. The Hall–Kier alpha value is -2.40. The molecule has 2 amide bonds. The molecule has 0 saturated carbocycles. The fourth-order valence-corrected chi connectivity index (χ4v) is 3.78. The first-order valence-corrected chi connectivity index (χ1v) is 8.04. The van der Waals surface area contributed by atoms with Crippen molar-refractivity contribution in [2.45, 2.75) is 37.4 Å². The second-order valence-electron chi connectivity index (χ2n) is 6.40. The van der Waals surface area contributed by atoms with Gasteiger partial charge in [-0.15, -0.1) is 0 Å². The summed E-state index contributed by atoms with van der Waals surface area (Å²) >= 11 is 0. The number of carbonyl (C=O) groups excluding carboxylic acids is 2. The molecule has 118 valence electrons. The monoisotopic (exact) mass is 309 g/mol. The third-order valence-corrected chi connectivity index (χ3v) is 4.94. The molecule has 0 radical (unpaired) electrons. The van der Waals surface area contributed by atoms with Crippen molar-refractivity contribution in [3.05, 3.63) is 42.0 Å². The van der Waals surface area contributed by atoms with Gasteiger partial charge in [0, 0.05) is 29.4 Å². The Kier molecular flexibility index (Phi) is 3.50. The first kappa shape index (κ1) is 14.2. The van der Waals surface area contributed by atoms with E-state index < -0.39 is 0 Å². The molecule has 3 N–H and O–H groups in total. The summed E-state index contributed by atoms with van der Waals surface area (Å²) in [6, 6.07) is 12.5. The third kappa shape index (κ3) is 2.68. The van der Waals surface area contributed by atoms with Gasteiger partial charge in [-0.1, -0.05) is 12.1 Å². The maximum absolute atomic E-state index is 12.5. The molecule has 0 spiro atoms. The number of hydrogen-bond acceptors (Lipinski definition) is 3. The van der Waals surface area contributed by atoms with Gasteiger partial charge in [0.15, 0.2) is 0 Å². The Labute approximate surface area is 134 Å². The molecule has 2 saturated heterocycles. The summed E-state index contributed by atoms with van der Waals surface area (Å²) in [5.74, 6) is -0.0278. The first-order chi connectivity index (χ1) is 11.2. The molecule has 2 aromatic rings. The van der Waals surface area contributed by atoms with Crippen LogP contribution in [-0.2, 0) is 4.79 Å². The van der Waals surface area contributed by atoms with Crippen LogP contribution >= 0.6 is 0 Å². The molecule has 5 heteroatoms. The van der Waals surface area contributed by atoms with Gasteiger partial charge >= 0.3 is 0 Å². The molecule has 23 heavy (non-hydrogen) atoms. The molecule has 2 fully saturated rings. The van der Waals surface area contributed by atoms with Crippen LogP contribution in [-0.4, -0.2) is 30.4 Å². The Bertz CT molecular complexity index is 774. The minimum absolute atomic E-state index is 0.0278. The maximum atomic E-state index is 12.5. The molecule has 2 bridgehead atoms. The van der Waals surface area contributed by atoms with Gasteiger partial charge in [-0.25, -0.2) is 0 Å². The smallest absolute Gasteiger partial charge is 0.251 e. The summed E-state index contributed by atoms with van der Waals surface area (Å²) in [5.41, 5.74) is 1.38. The zero-order valence-corrected chi connectivity index (χ0v) is 12.7. The van der Waals surface area contributed by atoms with Gasteiger partial charge < -0.3 is 16.0 Å². The van der Waals surface area contributed by atoms with Gasteiger partial charge in [0.1, 0.15) is 0 Å². The normalized spacial score (nSPS) is 25.5. The highest BCUT2D eigenvalue weighted by atomic mass is 16.1. The van der Waals surface area contributed by atoms with E-state index in [1.807, 2.05) is 36.4 Å². The average Bonchev–Trinajstić information content (AvgIpc) is 3.17. The Morgan fingerprint density at radius 3 is 2.74 bits per heavy atom.